The molecule has 124 valence electrons. The number of carbonyl (C=O) groups is 1. The van der Waals surface area contributed by atoms with Crippen molar-refractivity contribution in [3.8, 4) is 0 Å². The Hall–Kier alpha value is -2.36. The molecular formula is C13H16N4O5S. The summed E-state index contributed by atoms with van der Waals surface area (Å²) in [4.78, 5) is 37.4. The highest BCUT2D eigenvalue weighted by Gasteiger charge is 2.15. The predicted molar refractivity (Wildman–Crippen MR) is 81.5 cm³/mol. The van der Waals surface area contributed by atoms with Crippen LogP contribution < -0.4 is 11.2 Å². The molecule has 9 nitrogen and oxygen atoms in total. The Kier molecular flexibility index (Phi) is 5.37. The lowest BCUT2D eigenvalue weighted by molar-refractivity contribution is -0.139. The van der Waals surface area contributed by atoms with Crippen LogP contribution in [0.5, 0.6) is 0 Å². The molecule has 0 aromatic carbocycles. The summed E-state index contributed by atoms with van der Waals surface area (Å²) in [6.45, 7) is 3.66. The Morgan fingerprint density at radius 3 is 2.83 bits per heavy atom. The molecule has 0 spiro atoms. The number of carbonyl (C=O) groups excluding carboxylic acids is 1. The first kappa shape index (κ1) is 17.0. The first-order valence-electron chi connectivity index (χ1n) is 6.82. The molecule has 0 saturated carbocycles. The Labute approximate surface area is 135 Å². The number of nitrogens with one attached hydrogen (secondary N) is 1. The molecule has 2 aromatic rings. The molecule has 0 fully saturated rings. The maximum atomic E-state index is 12.1. The first-order valence-corrected chi connectivity index (χ1v) is 7.80. The van der Waals surface area contributed by atoms with E-state index in [1.165, 1.54) is 7.05 Å². The summed E-state index contributed by atoms with van der Waals surface area (Å²) in [5.41, 5.74) is -0.0626. The second-order valence-corrected chi connectivity index (χ2v) is 5.56. The van der Waals surface area contributed by atoms with E-state index in [-0.39, 0.29) is 29.3 Å². The van der Waals surface area contributed by atoms with Crippen LogP contribution in [0.15, 0.2) is 19.2 Å². The average Bonchev–Trinajstić information content (AvgIpc) is 2.95. The van der Waals surface area contributed by atoms with Gasteiger partial charge in [-0.1, -0.05) is 11.8 Å². The van der Waals surface area contributed by atoms with E-state index in [2.05, 4.69) is 15.2 Å². The summed E-state index contributed by atoms with van der Waals surface area (Å²) >= 11 is 1.06. The van der Waals surface area contributed by atoms with E-state index in [9.17, 15) is 14.4 Å². The van der Waals surface area contributed by atoms with Crippen LogP contribution in [0, 0.1) is 6.92 Å². The van der Waals surface area contributed by atoms with Gasteiger partial charge in [-0.2, -0.15) is 0 Å². The highest BCUT2D eigenvalue weighted by atomic mass is 32.2. The van der Waals surface area contributed by atoms with E-state index in [1.54, 1.807) is 13.8 Å². The van der Waals surface area contributed by atoms with Crippen molar-refractivity contribution in [2.24, 2.45) is 7.05 Å². The molecule has 0 unspecified atom stereocenters. The smallest absolute Gasteiger partial charge is 0.328 e. The van der Waals surface area contributed by atoms with Gasteiger partial charge in [0.25, 0.3) is 10.8 Å². The number of hydrogen-bond acceptors (Lipinski definition) is 8. The number of esters is 1. The van der Waals surface area contributed by atoms with Gasteiger partial charge < -0.3 is 14.1 Å². The maximum Gasteiger partial charge on any atom is 0.328 e. The lowest BCUT2D eigenvalue weighted by Crippen LogP contribution is -2.36. The van der Waals surface area contributed by atoms with Crippen LogP contribution in [-0.4, -0.2) is 38.1 Å². The lowest BCUT2D eigenvalue weighted by atomic mass is 10.2. The van der Waals surface area contributed by atoms with Gasteiger partial charge in [-0.3, -0.25) is 14.2 Å². The number of hydrogen-bond donors (Lipinski definition) is 1. The van der Waals surface area contributed by atoms with Gasteiger partial charge in [0, 0.05) is 18.3 Å². The second kappa shape index (κ2) is 7.27. The van der Waals surface area contributed by atoms with Gasteiger partial charge in [0.15, 0.2) is 0 Å². The van der Waals surface area contributed by atoms with Crippen LogP contribution in [0.1, 0.15) is 24.1 Å². The van der Waals surface area contributed by atoms with Gasteiger partial charge in [-0.25, -0.2) is 4.79 Å². The van der Waals surface area contributed by atoms with Gasteiger partial charge in [0.05, 0.1) is 13.0 Å². The maximum absolute atomic E-state index is 12.1. The fourth-order valence-corrected chi connectivity index (χ4v) is 2.40. The summed E-state index contributed by atoms with van der Waals surface area (Å²) in [5.74, 6) is -0.0826. The molecule has 0 saturated heterocycles. The number of ether oxygens (including phenoxy) is 1. The van der Waals surface area contributed by atoms with Crippen molar-refractivity contribution in [3.63, 3.8) is 0 Å². The molecule has 10 heteroatoms. The topological polar surface area (TPSA) is 120 Å². The fraction of sp³-hybridized carbons (Fsp3) is 0.462. The first-order chi connectivity index (χ1) is 10.9. The quantitative estimate of drug-likeness (QED) is 0.577. The Morgan fingerprint density at radius 1 is 1.39 bits per heavy atom. The number of aromatic nitrogens is 4. The zero-order valence-corrected chi connectivity index (χ0v) is 13.7. The number of aromatic amines is 1. The molecule has 0 aliphatic carbocycles. The number of nitrogens with zero attached hydrogens (tertiary/aromatic N) is 3. The molecule has 0 aliphatic heterocycles. The van der Waals surface area contributed by atoms with Crippen molar-refractivity contribution in [2.75, 3.05) is 12.4 Å². The van der Waals surface area contributed by atoms with Crippen LogP contribution in [0.2, 0.25) is 0 Å². The van der Waals surface area contributed by atoms with E-state index in [0.29, 0.717) is 17.9 Å². The summed E-state index contributed by atoms with van der Waals surface area (Å²) in [5, 5.41) is 7.86. The second-order valence-electron chi connectivity index (χ2n) is 4.63. The van der Waals surface area contributed by atoms with E-state index in [0.717, 1.165) is 16.3 Å². The Bertz CT molecular complexity index is 823. The van der Waals surface area contributed by atoms with E-state index in [4.69, 9.17) is 9.15 Å². The molecule has 23 heavy (non-hydrogen) atoms. The van der Waals surface area contributed by atoms with Crippen LogP contribution in [0.3, 0.4) is 0 Å². The van der Waals surface area contributed by atoms with Crippen LogP contribution in [0.25, 0.3) is 0 Å². The van der Waals surface area contributed by atoms with Crippen molar-refractivity contribution in [2.45, 2.75) is 25.5 Å². The van der Waals surface area contributed by atoms with E-state index < -0.39 is 11.2 Å². The molecule has 2 heterocycles. The predicted octanol–water partition coefficient (Wildman–Crippen LogP) is 0.0110. The SMILES string of the molecule is CCOC(=O)CSc1nnc(Cc2c(C)[nH]c(=O)n(C)c2=O)o1. The van der Waals surface area contributed by atoms with Crippen molar-refractivity contribution in [1.82, 2.24) is 19.7 Å². The monoisotopic (exact) mass is 340 g/mol. The third-order valence-electron chi connectivity index (χ3n) is 3.01. The van der Waals surface area contributed by atoms with Crippen molar-refractivity contribution >= 4 is 17.7 Å². The molecule has 0 bridgehead atoms. The zero-order valence-electron chi connectivity index (χ0n) is 12.9. The van der Waals surface area contributed by atoms with E-state index in [1.807, 2.05) is 0 Å². The largest absolute Gasteiger partial charge is 0.465 e. The number of rotatable bonds is 6. The molecule has 0 atom stereocenters. The molecule has 2 aromatic heterocycles. The molecule has 2 rings (SSSR count). The molecular weight excluding hydrogens is 324 g/mol. The molecule has 1 N–H and O–H groups in total. The van der Waals surface area contributed by atoms with Crippen molar-refractivity contribution in [1.29, 1.82) is 0 Å². The highest BCUT2D eigenvalue weighted by Crippen LogP contribution is 2.17. The van der Waals surface area contributed by atoms with Gasteiger partial charge >= 0.3 is 11.7 Å². The van der Waals surface area contributed by atoms with Gasteiger partial charge in [-0.05, 0) is 13.8 Å². The van der Waals surface area contributed by atoms with Gasteiger partial charge in [-0.15, -0.1) is 10.2 Å². The standard InChI is InChI=1S/C13H16N4O5S/c1-4-21-10(18)6-23-13-16-15-9(22-13)5-8-7(2)14-12(20)17(3)11(8)19/h4-6H2,1-3H3,(H,14,20). The minimum absolute atomic E-state index is 0.0644. The summed E-state index contributed by atoms with van der Waals surface area (Å²) in [6, 6.07) is 0. The molecule has 0 radical (unpaired) electrons. The fourth-order valence-electron chi connectivity index (χ4n) is 1.83. The Balaban J connectivity index is 2.11. The highest BCUT2D eigenvalue weighted by molar-refractivity contribution is 7.99. The summed E-state index contributed by atoms with van der Waals surface area (Å²) < 4.78 is 11.2. The Morgan fingerprint density at radius 2 is 2.13 bits per heavy atom. The minimum atomic E-state index is -0.479. The minimum Gasteiger partial charge on any atom is -0.465 e. The lowest BCUT2D eigenvalue weighted by Gasteiger charge is -2.04. The average molecular weight is 340 g/mol. The third-order valence-corrected chi connectivity index (χ3v) is 3.80. The van der Waals surface area contributed by atoms with Gasteiger partial charge in [0.2, 0.25) is 5.89 Å². The normalized spacial score (nSPS) is 10.7. The zero-order chi connectivity index (χ0) is 17.0. The van der Waals surface area contributed by atoms with Crippen LogP contribution in [-0.2, 0) is 23.0 Å². The number of H-pyrrole nitrogens is 1. The number of aryl methyl sites for hydroxylation is 1. The summed E-state index contributed by atoms with van der Waals surface area (Å²) in [6.07, 6.45) is 0.0995. The van der Waals surface area contributed by atoms with Crippen molar-refractivity contribution in [3.05, 3.63) is 38.0 Å². The van der Waals surface area contributed by atoms with E-state index >= 15 is 0 Å². The third kappa shape index (κ3) is 4.09. The van der Waals surface area contributed by atoms with Gasteiger partial charge in [0.1, 0.15) is 5.75 Å². The molecule has 0 aliphatic rings. The van der Waals surface area contributed by atoms with Crippen LogP contribution >= 0.6 is 11.8 Å². The molecule has 0 amide bonds. The van der Waals surface area contributed by atoms with Crippen LogP contribution in [0.4, 0.5) is 0 Å². The summed E-state index contributed by atoms with van der Waals surface area (Å²) in [7, 11) is 1.39. The number of thioether (sulfide) groups is 1. The van der Waals surface area contributed by atoms with Crippen molar-refractivity contribution < 1.29 is 13.9 Å².